The van der Waals surface area contributed by atoms with Gasteiger partial charge in [-0.3, -0.25) is 14.7 Å². The number of anilines is 1. The Labute approximate surface area is 182 Å². The molecular weight excluding hydrogens is 442 g/mol. The van der Waals surface area contributed by atoms with Crippen LogP contribution in [0.3, 0.4) is 0 Å². The number of sulfone groups is 1. The summed E-state index contributed by atoms with van der Waals surface area (Å²) >= 11 is 7.17. The van der Waals surface area contributed by atoms with Gasteiger partial charge in [0.05, 0.1) is 27.4 Å². The maximum Gasteiger partial charge on any atom is 0.244 e. The van der Waals surface area contributed by atoms with Gasteiger partial charge in [-0.1, -0.05) is 41.1 Å². The molecule has 4 aromatic rings. The molecule has 9 heteroatoms. The number of halogens is 1. The predicted molar refractivity (Wildman–Crippen MR) is 119 cm³/mol. The highest BCUT2D eigenvalue weighted by molar-refractivity contribution is 7.92. The number of rotatable bonds is 6. The topological polar surface area (TPSA) is 80.2 Å². The number of pyridine rings is 1. The summed E-state index contributed by atoms with van der Waals surface area (Å²) in [6.45, 7) is 0.121. The molecule has 1 amide bonds. The number of hydrogen-bond acceptors (Lipinski definition) is 6. The van der Waals surface area contributed by atoms with Gasteiger partial charge in [0.25, 0.3) is 0 Å². The quantitative estimate of drug-likeness (QED) is 0.430. The summed E-state index contributed by atoms with van der Waals surface area (Å²) in [5.41, 5.74) is 1.38. The van der Waals surface area contributed by atoms with E-state index in [0.29, 0.717) is 15.8 Å². The number of thiazole rings is 1. The fourth-order valence-corrected chi connectivity index (χ4v) is 5.16. The number of benzene rings is 2. The Kier molecular flexibility index (Phi) is 5.80. The van der Waals surface area contributed by atoms with Crippen LogP contribution in [0.1, 0.15) is 5.69 Å². The van der Waals surface area contributed by atoms with Crippen molar-refractivity contribution in [3.63, 3.8) is 0 Å². The third-order valence-electron chi connectivity index (χ3n) is 4.35. The lowest BCUT2D eigenvalue weighted by molar-refractivity contribution is -0.116. The van der Waals surface area contributed by atoms with Crippen molar-refractivity contribution in [3.05, 3.63) is 83.6 Å². The van der Waals surface area contributed by atoms with Gasteiger partial charge in [-0.05, 0) is 48.5 Å². The van der Waals surface area contributed by atoms with E-state index >= 15 is 0 Å². The van der Waals surface area contributed by atoms with Crippen LogP contribution < -0.4 is 4.90 Å². The molecular formula is C21H16ClN3O3S2. The van der Waals surface area contributed by atoms with Crippen LogP contribution in [-0.2, 0) is 21.2 Å². The van der Waals surface area contributed by atoms with E-state index in [9.17, 15) is 13.2 Å². The van der Waals surface area contributed by atoms with Crippen molar-refractivity contribution in [3.8, 4) is 0 Å². The molecule has 0 aliphatic heterocycles. The van der Waals surface area contributed by atoms with Gasteiger partial charge in [-0.25, -0.2) is 13.4 Å². The van der Waals surface area contributed by atoms with Crippen LogP contribution in [-0.4, -0.2) is 30.0 Å². The van der Waals surface area contributed by atoms with Crippen molar-refractivity contribution in [1.29, 1.82) is 0 Å². The second-order valence-corrected chi connectivity index (χ2v) is 9.91. The molecule has 0 unspecified atom stereocenters. The van der Waals surface area contributed by atoms with E-state index in [-0.39, 0.29) is 11.4 Å². The first-order valence-electron chi connectivity index (χ1n) is 8.96. The normalized spacial score (nSPS) is 11.5. The third kappa shape index (κ3) is 4.51. The molecule has 0 radical (unpaired) electrons. The summed E-state index contributed by atoms with van der Waals surface area (Å²) in [5, 5.41) is 0.852. The van der Waals surface area contributed by atoms with Crippen LogP contribution in [0.5, 0.6) is 0 Å². The van der Waals surface area contributed by atoms with Crippen molar-refractivity contribution >= 4 is 54.0 Å². The van der Waals surface area contributed by atoms with Crippen molar-refractivity contribution in [1.82, 2.24) is 9.97 Å². The Hall–Kier alpha value is -2.81. The molecule has 2 aromatic heterocycles. The highest BCUT2D eigenvalue weighted by Gasteiger charge is 2.27. The van der Waals surface area contributed by atoms with Crippen LogP contribution in [0.15, 0.2) is 77.8 Å². The predicted octanol–water partition coefficient (Wildman–Crippen LogP) is 4.35. The number of carbonyl (C=O) groups excluding carboxylic acids is 1. The lowest BCUT2D eigenvalue weighted by Crippen LogP contribution is -2.35. The number of nitrogens with zero attached hydrogens (tertiary/aromatic N) is 3. The van der Waals surface area contributed by atoms with Crippen molar-refractivity contribution in [2.75, 3.05) is 10.7 Å². The molecule has 0 atom stereocenters. The average molecular weight is 458 g/mol. The smallest absolute Gasteiger partial charge is 0.244 e. The Bertz CT molecular complexity index is 1260. The summed E-state index contributed by atoms with van der Waals surface area (Å²) in [4.78, 5) is 23.4. The number of fused-ring (bicyclic) bond motifs is 1. The first kappa shape index (κ1) is 20.5. The average Bonchev–Trinajstić information content (AvgIpc) is 3.16. The lowest BCUT2D eigenvalue weighted by Gasteiger charge is -2.19. The number of para-hydroxylation sites is 1. The largest absolute Gasteiger partial charge is 0.281 e. The molecule has 0 saturated heterocycles. The monoisotopic (exact) mass is 457 g/mol. The van der Waals surface area contributed by atoms with Crippen LogP contribution in [0.25, 0.3) is 10.2 Å². The maximum absolute atomic E-state index is 13.1. The Morgan fingerprint density at radius 2 is 1.73 bits per heavy atom. The van der Waals surface area contributed by atoms with Crippen LogP contribution in [0.2, 0.25) is 5.02 Å². The van der Waals surface area contributed by atoms with E-state index in [1.54, 1.807) is 18.3 Å². The van der Waals surface area contributed by atoms with Gasteiger partial charge in [0.15, 0.2) is 15.0 Å². The highest BCUT2D eigenvalue weighted by Crippen LogP contribution is 2.30. The second-order valence-electron chi connectivity index (χ2n) is 6.48. The molecule has 4 rings (SSSR count). The van der Waals surface area contributed by atoms with Crippen LogP contribution in [0.4, 0.5) is 5.13 Å². The Morgan fingerprint density at radius 1 is 1.00 bits per heavy atom. The zero-order valence-corrected chi connectivity index (χ0v) is 18.0. The van der Waals surface area contributed by atoms with E-state index in [1.165, 1.54) is 40.5 Å². The second kappa shape index (κ2) is 8.51. The minimum atomic E-state index is -3.85. The molecule has 6 nitrogen and oxygen atoms in total. The van der Waals surface area contributed by atoms with Gasteiger partial charge in [0, 0.05) is 11.2 Å². The molecule has 0 fully saturated rings. The summed E-state index contributed by atoms with van der Waals surface area (Å²) in [5.74, 6) is -1.26. The Morgan fingerprint density at radius 3 is 2.43 bits per heavy atom. The minimum Gasteiger partial charge on any atom is -0.281 e. The maximum atomic E-state index is 13.1. The zero-order chi connectivity index (χ0) is 21.1. The van der Waals surface area contributed by atoms with Gasteiger partial charge in [0.2, 0.25) is 5.91 Å². The van der Waals surface area contributed by atoms with E-state index in [0.717, 1.165) is 10.2 Å². The molecule has 2 heterocycles. The van der Waals surface area contributed by atoms with E-state index in [4.69, 9.17) is 11.6 Å². The zero-order valence-electron chi connectivity index (χ0n) is 15.6. The molecule has 0 bridgehead atoms. The molecule has 0 N–H and O–H groups in total. The summed E-state index contributed by atoms with van der Waals surface area (Å²) < 4.78 is 26.5. The highest BCUT2D eigenvalue weighted by atomic mass is 35.5. The van der Waals surface area contributed by atoms with Gasteiger partial charge in [0.1, 0.15) is 5.75 Å². The number of carbonyl (C=O) groups is 1. The van der Waals surface area contributed by atoms with Crippen molar-refractivity contribution in [2.45, 2.75) is 11.4 Å². The fraction of sp³-hybridized carbons (Fsp3) is 0.0952. The van der Waals surface area contributed by atoms with Crippen molar-refractivity contribution in [2.24, 2.45) is 0 Å². The molecule has 0 saturated carbocycles. The lowest BCUT2D eigenvalue weighted by atomic mass is 10.3. The summed E-state index contributed by atoms with van der Waals surface area (Å²) in [6.07, 6.45) is 1.63. The van der Waals surface area contributed by atoms with Gasteiger partial charge < -0.3 is 0 Å². The van der Waals surface area contributed by atoms with Gasteiger partial charge in [-0.15, -0.1) is 0 Å². The van der Waals surface area contributed by atoms with Crippen LogP contribution in [0, 0.1) is 0 Å². The van der Waals surface area contributed by atoms with Crippen LogP contribution >= 0.6 is 22.9 Å². The number of aromatic nitrogens is 2. The molecule has 2 aromatic carbocycles. The van der Waals surface area contributed by atoms with E-state index < -0.39 is 21.5 Å². The molecule has 0 spiro atoms. The molecule has 152 valence electrons. The molecule has 0 aliphatic rings. The standard InChI is InChI=1S/C21H16ClN3O3S2/c22-15-8-10-17(11-9-15)30(27,28)14-20(26)25(13-16-5-3-4-12-23-16)21-24-18-6-1-2-7-19(18)29-21/h1-12H,13-14H2. The first-order valence-corrected chi connectivity index (χ1v) is 11.8. The SMILES string of the molecule is O=C(CS(=O)(=O)c1ccc(Cl)cc1)N(Cc1ccccn1)c1nc2ccccc2s1. The van der Waals surface area contributed by atoms with E-state index in [1.807, 2.05) is 30.3 Å². The molecule has 0 aliphatic carbocycles. The minimum absolute atomic E-state index is 0.0438. The summed E-state index contributed by atoms with van der Waals surface area (Å²) in [6, 6.07) is 18.6. The van der Waals surface area contributed by atoms with Gasteiger partial charge >= 0.3 is 0 Å². The fourth-order valence-electron chi connectivity index (χ4n) is 2.86. The molecule has 30 heavy (non-hydrogen) atoms. The third-order valence-corrected chi connectivity index (χ3v) is 7.28. The first-order chi connectivity index (χ1) is 14.4. The number of amides is 1. The summed E-state index contributed by atoms with van der Waals surface area (Å²) in [7, 11) is -3.85. The van der Waals surface area contributed by atoms with Crippen molar-refractivity contribution < 1.29 is 13.2 Å². The number of hydrogen-bond donors (Lipinski definition) is 0. The Balaban J connectivity index is 1.67. The van der Waals surface area contributed by atoms with Gasteiger partial charge in [-0.2, -0.15) is 0 Å². The van der Waals surface area contributed by atoms with E-state index in [2.05, 4.69) is 9.97 Å².